The van der Waals surface area contributed by atoms with Crippen molar-refractivity contribution in [3.8, 4) is 17.2 Å². The van der Waals surface area contributed by atoms with Gasteiger partial charge in [-0.1, -0.05) is 24.3 Å². The normalized spacial score (nSPS) is 16.1. The maximum atomic E-state index is 11.7. The lowest BCUT2D eigenvalue weighted by Gasteiger charge is -2.10. The maximum Gasteiger partial charge on any atom is 0.306 e. The van der Waals surface area contributed by atoms with Crippen molar-refractivity contribution in [3.05, 3.63) is 59.7 Å². The van der Waals surface area contributed by atoms with Crippen molar-refractivity contribution < 1.29 is 19.4 Å². The molecular weight excluding hydrogens is 280 g/mol. The van der Waals surface area contributed by atoms with E-state index in [1.807, 2.05) is 30.3 Å². The fourth-order valence-corrected chi connectivity index (χ4v) is 2.21. The molecular formula is C18H16O4. The third-order valence-electron chi connectivity index (χ3n) is 3.40. The van der Waals surface area contributed by atoms with E-state index in [0.717, 1.165) is 11.1 Å². The molecule has 0 saturated heterocycles. The Morgan fingerprint density at radius 2 is 1.82 bits per heavy atom. The molecule has 2 aliphatic rings. The van der Waals surface area contributed by atoms with Crippen molar-refractivity contribution in [2.75, 3.05) is 6.61 Å². The van der Waals surface area contributed by atoms with Gasteiger partial charge in [0.05, 0.1) is 0 Å². The molecule has 2 aromatic rings. The number of phenolic OH excluding ortho intramolecular Hbond substituents is 1. The Bertz CT molecular complexity index is 702. The highest BCUT2D eigenvalue weighted by Crippen LogP contribution is 2.32. The minimum absolute atomic E-state index is 0.0691. The van der Waals surface area contributed by atoms with Crippen molar-refractivity contribution >= 4 is 12.0 Å². The zero-order chi connectivity index (χ0) is 15.4. The predicted molar refractivity (Wildman–Crippen MR) is 82.9 cm³/mol. The standard InChI is InChI=1S/C18H16O4/c19-16-9-5-14-6-10-18(20)21-11-1-2-13-3-7-15(8-4-13)22-17(16)12-14/h1-5,7-9,12,19H,6,10-11H2/b2-1+. The minimum atomic E-state index is -0.246. The van der Waals surface area contributed by atoms with Gasteiger partial charge in [-0.15, -0.1) is 0 Å². The average Bonchev–Trinajstić information content (AvgIpc) is 2.54. The van der Waals surface area contributed by atoms with E-state index in [1.54, 1.807) is 24.3 Å². The van der Waals surface area contributed by atoms with Crippen LogP contribution in [-0.2, 0) is 16.0 Å². The topological polar surface area (TPSA) is 55.8 Å². The van der Waals surface area contributed by atoms with Crippen LogP contribution in [0, 0.1) is 0 Å². The summed E-state index contributed by atoms with van der Waals surface area (Å²) < 4.78 is 10.9. The molecule has 4 rings (SSSR count). The summed E-state index contributed by atoms with van der Waals surface area (Å²) in [5, 5.41) is 9.90. The molecule has 2 heterocycles. The number of benzene rings is 2. The molecule has 4 heteroatoms. The van der Waals surface area contributed by atoms with Gasteiger partial charge < -0.3 is 14.6 Å². The molecule has 112 valence electrons. The van der Waals surface area contributed by atoms with Crippen molar-refractivity contribution in [3.63, 3.8) is 0 Å². The SMILES string of the molecule is O=C1CCc2ccc(O)c(c2)Oc2ccc(cc2)/C=C/CO1. The van der Waals surface area contributed by atoms with E-state index in [0.29, 0.717) is 24.3 Å². The van der Waals surface area contributed by atoms with E-state index < -0.39 is 0 Å². The Balaban J connectivity index is 1.94. The van der Waals surface area contributed by atoms with Crippen molar-refractivity contribution in [1.82, 2.24) is 0 Å². The number of carbonyl (C=O) groups excluding carboxylic acids is 1. The Kier molecular flexibility index (Phi) is 4.10. The number of hydrogen-bond donors (Lipinski definition) is 1. The van der Waals surface area contributed by atoms with Gasteiger partial charge >= 0.3 is 5.97 Å². The Hall–Kier alpha value is -2.75. The van der Waals surface area contributed by atoms with E-state index in [2.05, 4.69) is 0 Å². The largest absolute Gasteiger partial charge is 0.504 e. The molecule has 4 nitrogen and oxygen atoms in total. The van der Waals surface area contributed by atoms with Crippen LogP contribution < -0.4 is 4.74 Å². The molecule has 4 bridgehead atoms. The lowest BCUT2D eigenvalue weighted by atomic mass is 10.1. The van der Waals surface area contributed by atoms with Crippen LogP contribution in [0.5, 0.6) is 17.2 Å². The van der Waals surface area contributed by atoms with Gasteiger partial charge in [-0.2, -0.15) is 0 Å². The number of ether oxygens (including phenoxy) is 2. The second-order valence-electron chi connectivity index (χ2n) is 5.06. The number of aromatic hydroxyl groups is 1. The van der Waals surface area contributed by atoms with Crippen molar-refractivity contribution in [2.45, 2.75) is 12.8 Å². The smallest absolute Gasteiger partial charge is 0.306 e. The summed E-state index contributed by atoms with van der Waals surface area (Å²) in [5.41, 5.74) is 1.89. The average molecular weight is 296 g/mol. The van der Waals surface area contributed by atoms with Crippen LogP contribution in [0.15, 0.2) is 48.5 Å². The van der Waals surface area contributed by atoms with Gasteiger partial charge in [0.2, 0.25) is 0 Å². The zero-order valence-electron chi connectivity index (χ0n) is 12.0. The van der Waals surface area contributed by atoms with Crippen LogP contribution in [0.25, 0.3) is 6.08 Å². The molecule has 0 amide bonds. The van der Waals surface area contributed by atoms with Gasteiger partial charge in [-0.3, -0.25) is 4.79 Å². The van der Waals surface area contributed by atoms with E-state index in [-0.39, 0.29) is 18.3 Å². The van der Waals surface area contributed by atoms with Crippen molar-refractivity contribution in [1.29, 1.82) is 0 Å². The summed E-state index contributed by atoms with van der Waals surface area (Å²) in [6, 6.07) is 12.5. The number of esters is 1. The summed E-state index contributed by atoms with van der Waals surface area (Å²) in [5.74, 6) is 0.847. The Labute approximate surface area is 128 Å². The van der Waals surface area contributed by atoms with Gasteiger partial charge in [-0.05, 0) is 47.9 Å². The Morgan fingerprint density at radius 1 is 1.00 bits per heavy atom. The highest BCUT2D eigenvalue weighted by atomic mass is 16.5. The van der Waals surface area contributed by atoms with Crippen LogP contribution in [0.4, 0.5) is 0 Å². The van der Waals surface area contributed by atoms with Crippen molar-refractivity contribution in [2.24, 2.45) is 0 Å². The van der Waals surface area contributed by atoms with Gasteiger partial charge in [0.25, 0.3) is 0 Å². The predicted octanol–water partition coefficient (Wildman–Crippen LogP) is 3.69. The molecule has 2 aliphatic heterocycles. The number of rotatable bonds is 0. The third kappa shape index (κ3) is 3.47. The molecule has 0 aliphatic carbocycles. The highest BCUT2D eigenvalue weighted by Gasteiger charge is 2.09. The molecule has 2 aromatic carbocycles. The van der Waals surface area contributed by atoms with Gasteiger partial charge in [0.15, 0.2) is 11.5 Å². The first-order valence-electron chi connectivity index (χ1n) is 7.13. The number of carbonyl (C=O) groups is 1. The molecule has 22 heavy (non-hydrogen) atoms. The van der Waals surface area contributed by atoms with E-state index in [4.69, 9.17) is 9.47 Å². The molecule has 0 unspecified atom stereocenters. The quantitative estimate of drug-likeness (QED) is 0.753. The van der Waals surface area contributed by atoms with Crippen LogP contribution >= 0.6 is 0 Å². The summed E-state index contributed by atoms with van der Waals surface area (Å²) in [6.45, 7) is 0.262. The van der Waals surface area contributed by atoms with Crippen LogP contribution in [0.2, 0.25) is 0 Å². The van der Waals surface area contributed by atoms with E-state index in [1.165, 1.54) is 0 Å². The van der Waals surface area contributed by atoms with Gasteiger partial charge in [-0.25, -0.2) is 0 Å². The monoisotopic (exact) mass is 296 g/mol. The maximum absolute atomic E-state index is 11.7. The third-order valence-corrected chi connectivity index (χ3v) is 3.40. The fraction of sp³-hybridized carbons (Fsp3) is 0.167. The fourth-order valence-electron chi connectivity index (χ4n) is 2.21. The first-order valence-corrected chi connectivity index (χ1v) is 7.13. The number of fused-ring (bicyclic) bond motifs is 7. The number of aryl methyl sites for hydroxylation is 1. The molecule has 0 fully saturated rings. The first-order chi connectivity index (χ1) is 10.7. The lowest BCUT2D eigenvalue weighted by Crippen LogP contribution is -2.05. The van der Waals surface area contributed by atoms with Gasteiger partial charge in [0.1, 0.15) is 12.4 Å². The molecule has 0 saturated carbocycles. The second kappa shape index (κ2) is 6.35. The summed E-state index contributed by atoms with van der Waals surface area (Å²) in [7, 11) is 0. The summed E-state index contributed by atoms with van der Waals surface area (Å²) in [4.78, 5) is 11.7. The van der Waals surface area contributed by atoms with E-state index >= 15 is 0 Å². The number of hydrogen-bond acceptors (Lipinski definition) is 4. The molecule has 0 atom stereocenters. The molecule has 1 N–H and O–H groups in total. The molecule has 0 spiro atoms. The lowest BCUT2D eigenvalue weighted by molar-refractivity contribution is -0.142. The van der Waals surface area contributed by atoms with Crippen LogP contribution in [0.3, 0.4) is 0 Å². The molecule has 0 aromatic heterocycles. The van der Waals surface area contributed by atoms with Crippen LogP contribution in [-0.4, -0.2) is 17.7 Å². The summed E-state index contributed by atoms with van der Waals surface area (Å²) in [6.07, 6.45) is 4.52. The van der Waals surface area contributed by atoms with Gasteiger partial charge in [0, 0.05) is 6.42 Å². The zero-order valence-corrected chi connectivity index (χ0v) is 12.0. The first kappa shape index (κ1) is 14.2. The van der Waals surface area contributed by atoms with E-state index in [9.17, 15) is 9.90 Å². The minimum Gasteiger partial charge on any atom is -0.504 e. The van der Waals surface area contributed by atoms with Crippen LogP contribution in [0.1, 0.15) is 17.5 Å². The highest BCUT2D eigenvalue weighted by molar-refractivity contribution is 5.70. The second-order valence-corrected chi connectivity index (χ2v) is 5.06. The summed E-state index contributed by atoms with van der Waals surface area (Å²) >= 11 is 0. The number of phenols is 1. The Morgan fingerprint density at radius 3 is 2.64 bits per heavy atom. The molecule has 0 radical (unpaired) electrons.